The van der Waals surface area contributed by atoms with Gasteiger partial charge in [-0.15, -0.1) is 0 Å². The Labute approximate surface area is 180 Å². The van der Waals surface area contributed by atoms with Gasteiger partial charge in [0.25, 0.3) is 0 Å². The van der Waals surface area contributed by atoms with E-state index in [-0.39, 0.29) is 0 Å². The molecule has 0 heterocycles. The van der Waals surface area contributed by atoms with Crippen molar-refractivity contribution in [2.45, 2.75) is 0 Å². The third-order valence-corrected chi connectivity index (χ3v) is 10.1. The number of benzene rings is 4. The van der Waals surface area contributed by atoms with Gasteiger partial charge in [-0.1, -0.05) is 8.44 Å². The zero-order chi connectivity index (χ0) is 20.4. The maximum atomic E-state index is 7.57. The van der Waals surface area contributed by atoms with E-state index < -0.39 is 7.26 Å². The van der Waals surface area contributed by atoms with Gasteiger partial charge in [-0.25, -0.2) is 0 Å². The maximum absolute atomic E-state index is 7.57. The van der Waals surface area contributed by atoms with E-state index in [1.807, 2.05) is 5.40 Å². The molecule has 0 aliphatic heterocycles. The monoisotopic (exact) mass is 431 g/mol. The molecule has 0 aromatic heterocycles. The molecule has 0 fully saturated rings. The molecule has 0 amide bonds. The molecule has 0 saturated heterocycles. The molecule has 0 bridgehead atoms. The van der Waals surface area contributed by atoms with Gasteiger partial charge in [0.1, 0.15) is 5.40 Å². The topological polar surface area (TPSA) is 23.8 Å². The minimum absolute atomic E-state index is 1.08. The molecule has 4 rings (SSSR count). The number of rotatable bonds is 4. The summed E-state index contributed by atoms with van der Waals surface area (Å²) in [4.78, 5) is 0. The average Bonchev–Trinajstić information content (AvgIpc) is 2.83. The molecule has 4 heteroatoms. The number of hydrogen-bond acceptors (Lipinski definition) is 2. The van der Waals surface area contributed by atoms with Gasteiger partial charge >= 0.3 is 150 Å². The molecule has 0 N–H and O–H groups in total. The van der Waals surface area contributed by atoms with Crippen molar-refractivity contribution in [1.82, 2.24) is 0 Å². The van der Waals surface area contributed by atoms with E-state index in [1.165, 1.54) is 21.2 Å². The Morgan fingerprint density at radius 2 is 0.724 bits per heavy atom. The van der Waals surface area contributed by atoms with Crippen molar-refractivity contribution in [3.05, 3.63) is 121 Å². The summed E-state index contributed by atoms with van der Waals surface area (Å²) in [6, 6.07) is 44.0. The minimum atomic E-state index is -2.30. The third-order valence-electron chi connectivity index (χ3n) is 4.88. The van der Waals surface area contributed by atoms with Crippen LogP contribution < -0.4 is 21.2 Å². The second-order valence-corrected chi connectivity index (χ2v) is 11.4. The summed E-state index contributed by atoms with van der Waals surface area (Å²) in [6.07, 6.45) is 0. The van der Waals surface area contributed by atoms with Crippen LogP contribution in [-0.4, -0.2) is 0 Å². The summed E-state index contributed by atoms with van der Waals surface area (Å²) in [7, 11) is -0.0893. The van der Waals surface area contributed by atoms with Gasteiger partial charge < -0.3 is 0 Å². The van der Waals surface area contributed by atoms with E-state index in [4.69, 9.17) is 5.26 Å². The molecular weight excluding hydrogens is 408 g/mol. The molecule has 0 spiro atoms. The quantitative estimate of drug-likeness (QED) is 0.334. The Kier molecular flexibility index (Phi) is 8.03. The summed E-state index contributed by atoms with van der Waals surface area (Å²) in [6.45, 7) is 0. The van der Waals surface area contributed by atoms with Gasteiger partial charge in [-0.2, -0.15) is 5.26 Å². The first-order valence-electron chi connectivity index (χ1n) is 9.31. The van der Waals surface area contributed by atoms with Crippen LogP contribution in [0, 0.1) is 10.7 Å². The second kappa shape index (κ2) is 10.9. The fourth-order valence-electron chi connectivity index (χ4n) is 3.75. The molecule has 4 aromatic carbocycles. The van der Waals surface area contributed by atoms with Gasteiger partial charge in [-0.3, -0.25) is 0 Å². The van der Waals surface area contributed by atoms with Crippen LogP contribution in [-0.2, 0) is 0 Å². The first kappa shape index (κ1) is 21.3. The van der Waals surface area contributed by atoms with Crippen LogP contribution in [0.5, 0.6) is 0 Å². The van der Waals surface area contributed by atoms with Crippen molar-refractivity contribution in [2.24, 2.45) is 0 Å². The molecule has 1 unspecified atom stereocenters. The van der Waals surface area contributed by atoms with Crippen molar-refractivity contribution in [3.8, 4) is 5.40 Å². The van der Waals surface area contributed by atoms with Crippen LogP contribution >= 0.6 is 27.1 Å². The Hall–Kier alpha value is -2.42. The second-order valence-electron chi connectivity index (χ2n) is 6.42. The zero-order valence-corrected chi connectivity index (χ0v) is 19.0. The molecule has 1 atom stereocenters. The van der Waals surface area contributed by atoms with E-state index in [2.05, 4.69) is 130 Å². The summed E-state index contributed by atoms with van der Waals surface area (Å²) >= 11 is 1.08. The number of nitriles is 1. The fraction of sp³-hybridized carbons (Fsp3) is 0. The molecule has 1 nitrogen and oxygen atoms in total. The van der Waals surface area contributed by atoms with E-state index in [9.17, 15) is 0 Å². The summed E-state index contributed by atoms with van der Waals surface area (Å²) in [5.74, 6) is 0. The van der Waals surface area contributed by atoms with E-state index in [0.29, 0.717) is 0 Å². The Balaban J connectivity index is 0.000000552. The van der Waals surface area contributed by atoms with Crippen LogP contribution in [0.2, 0.25) is 0 Å². The SMILES string of the molecule is N#CSP.c1ccc([PH](c2ccccc2)(c2ccccc2)c2ccccc2)cc1. The molecule has 0 radical (unpaired) electrons. The number of thiocyanates is 1. The van der Waals surface area contributed by atoms with Gasteiger partial charge in [0.05, 0.1) is 0 Å². The van der Waals surface area contributed by atoms with Gasteiger partial charge in [-0.05, 0) is 11.4 Å². The Bertz CT molecular complexity index is 870. The van der Waals surface area contributed by atoms with Crippen molar-refractivity contribution in [2.75, 3.05) is 0 Å². The normalized spacial score (nSPS) is 10.9. The third kappa shape index (κ3) is 4.77. The molecule has 0 aliphatic carbocycles. The summed E-state index contributed by atoms with van der Waals surface area (Å²) < 4.78 is 0. The summed E-state index contributed by atoms with van der Waals surface area (Å²) in [5.41, 5.74) is 0. The molecule has 29 heavy (non-hydrogen) atoms. The van der Waals surface area contributed by atoms with Crippen molar-refractivity contribution < 1.29 is 0 Å². The molecule has 144 valence electrons. The Morgan fingerprint density at radius 1 is 0.517 bits per heavy atom. The van der Waals surface area contributed by atoms with Crippen molar-refractivity contribution in [3.63, 3.8) is 0 Å². The molecule has 0 saturated carbocycles. The first-order chi connectivity index (χ1) is 14.3. The Morgan fingerprint density at radius 3 is 0.897 bits per heavy atom. The van der Waals surface area contributed by atoms with Crippen LogP contribution in [0.1, 0.15) is 0 Å². The van der Waals surface area contributed by atoms with Gasteiger partial charge in [0.15, 0.2) is 0 Å². The summed E-state index contributed by atoms with van der Waals surface area (Å²) in [5, 5.41) is 15.0. The van der Waals surface area contributed by atoms with Crippen LogP contribution in [0.15, 0.2) is 121 Å². The van der Waals surface area contributed by atoms with Crippen molar-refractivity contribution >= 4 is 48.3 Å². The van der Waals surface area contributed by atoms with Gasteiger partial charge in [0.2, 0.25) is 0 Å². The molecular formula is C25H23NP2S. The molecule has 4 aromatic rings. The van der Waals surface area contributed by atoms with E-state index >= 15 is 0 Å². The molecule has 0 aliphatic rings. The van der Waals surface area contributed by atoms with E-state index in [0.717, 1.165) is 11.4 Å². The average molecular weight is 431 g/mol. The van der Waals surface area contributed by atoms with E-state index in [1.54, 1.807) is 0 Å². The van der Waals surface area contributed by atoms with Crippen LogP contribution in [0.25, 0.3) is 0 Å². The standard InChI is InChI=1S/C24H21P.CH2NPS/c1-5-13-21(14-6-1)25(22-15-7-2-8-16-22,23-17-9-3-10-18-23)24-19-11-4-12-20-24;2-1-4-3/h1-20,25H;3H2. The van der Waals surface area contributed by atoms with Crippen LogP contribution in [0.3, 0.4) is 0 Å². The van der Waals surface area contributed by atoms with Crippen LogP contribution in [0.4, 0.5) is 0 Å². The fourth-order valence-corrected chi connectivity index (χ4v) is 8.52. The first-order valence-corrected chi connectivity index (χ1v) is 13.6. The predicted octanol–water partition coefficient (Wildman–Crippen LogP) is 5.03. The van der Waals surface area contributed by atoms with Gasteiger partial charge in [0, 0.05) is 0 Å². The number of hydrogen-bond donors (Lipinski definition) is 0. The number of nitrogens with zero attached hydrogens (tertiary/aromatic N) is 1. The predicted molar refractivity (Wildman–Crippen MR) is 136 cm³/mol. The van der Waals surface area contributed by atoms with Crippen molar-refractivity contribution in [1.29, 1.82) is 5.26 Å². The zero-order valence-electron chi connectivity index (χ0n) is 16.0.